The Morgan fingerprint density at radius 1 is 1.33 bits per heavy atom. The molecule has 0 fully saturated rings. The average Bonchev–Trinajstić information content (AvgIpc) is 3.15. The molecule has 1 heterocycles. The summed E-state index contributed by atoms with van der Waals surface area (Å²) in [5, 5.41) is 21.1. The van der Waals surface area contributed by atoms with Gasteiger partial charge < -0.3 is 9.84 Å². The first-order chi connectivity index (χ1) is 13.0. The second-order valence-corrected chi connectivity index (χ2v) is 6.72. The lowest BCUT2D eigenvalue weighted by Crippen LogP contribution is -2.18. The van der Waals surface area contributed by atoms with Gasteiger partial charge in [0.2, 0.25) is 0 Å². The normalized spacial score (nSPS) is 10.9. The Bertz CT molecular complexity index is 1000. The summed E-state index contributed by atoms with van der Waals surface area (Å²) in [5.41, 5.74) is 4.76. The van der Waals surface area contributed by atoms with Crippen LogP contribution >= 0.6 is 27.5 Å². The molecule has 0 atom stereocenters. The number of benzene rings is 2. The molecule has 2 aromatic carbocycles. The Balaban J connectivity index is 1.69. The van der Waals surface area contributed by atoms with E-state index in [1.54, 1.807) is 30.3 Å². The molecule has 27 heavy (non-hydrogen) atoms. The van der Waals surface area contributed by atoms with Crippen LogP contribution in [0.25, 0.3) is 11.3 Å². The van der Waals surface area contributed by atoms with Crippen LogP contribution in [0.3, 0.4) is 0 Å². The SMILES string of the molecule is COc1cc(/C=N/NC(=O)c2cc(-c3ccc(Cl)cc3)n[nH]2)cc(Br)c1O. The third kappa shape index (κ3) is 4.47. The highest BCUT2D eigenvalue weighted by Crippen LogP contribution is 2.34. The molecule has 0 spiro atoms. The van der Waals surface area contributed by atoms with Crippen LogP contribution < -0.4 is 10.2 Å². The summed E-state index contributed by atoms with van der Waals surface area (Å²) in [6.07, 6.45) is 1.43. The molecule has 0 unspecified atom stereocenters. The highest BCUT2D eigenvalue weighted by atomic mass is 79.9. The largest absolute Gasteiger partial charge is 0.503 e. The summed E-state index contributed by atoms with van der Waals surface area (Å²) in [6.45, 7) is 0. The van der Waals surface area contributed by atoms with Crippen molar-refractivity contribution in [2.75, 3.05) is 7.11 Å². The summed E-state index contributed by atoms with van der Waals surface area (Å²) < 4.78 is 5.52. The van der Waals surface area contributed by atoms with E-state index in [1.165, 1.54) is 13.3 Å². The van der Waals surface area contributed by atoms with Crippen LogP contribution in [0.2, 0.25) is 5.02 Å². The molecular weight excluding hydrogens is 436 g/mol. The van der Waals surface area contributed by atoms with Crippen molar-refractivity contribution in [1.29, 1.82) is 0 Å². The predicted molar refractivity (Wildman–Crippen MR) is 106 cm³/mol. The number of hydrazone groups is 1. The predicted octanol–water partition coefficient (Wildman–Crippen LogP) is 3.97. The number of halogens is 2. The molecule has 0 aliphatic rings. The highest BCUT2D eigenvalue weighted by molar-refractivity contribution is 9.10. The van der Waals surface area contributed by atoms with E-state index < -0.39 is 5.91 Å². The number of hydrogen-bond donors (Lipinski definition) is 3. The fourth-order valence-corrected chi connectivity index (χ4v) is 2.84. The van der Waals surface area contributed by atoms with Gasteiger partial charge in [-0.25, -0.2) is 5.43 Å². The average molecular weight is 450 g/mol. The van der Waals surface area contributed by atoms with Crippen molar-refractivity contribution in [3.8, 4) is 22.8 Å². The third-order valence-electron chi connectivity index (χ3n) is 3.61. The summed E-state index contributed by atoms with van der Waals surface area (Å²) in [5.74, 6) is -0.159. The van der Waals surface area contributed by atoms with Gasteiger partial charge in [0.25, 0.3) is 5.91 Å². The van der Waals surface area contributed by atoms with Crippen molar-refractivity contribution in [1.82, 2.24) is 15.6 Å². The lowest BCUT2D eigenvalue weighted by atomic mass is 10.1. The zero-order valence-corrected chi connectivity index (χ0v) is 16.4. The molecule has 1 amide bonds. The molecule has 0 bridgehead atoms. The van der Waals surface area contributed by atoms with Gasteiger partial charge in [-0.05, 0) is 51.8 Å². The second-order valence-electron chi connectivity index (χ2n) is 5.43. The van der Waals surface area contributed by atoms with Gasteiger partial charge in [-0.1, -0.05) is 23.7 Å². The van der Waals surface area contributed by atoms with Crippen molar-refractivity contribution >= 4 is 39.7 Å². The first-order valence-electron chi connectivity index (χ1n) is 7.69. The van der Waals surface area contributed by atoms with Gasteiger partial charge in [-0.3, -0.25) is 9.89 Å². The van der Waals surface area contributed by atoms with Crippen LogP contribution in [-0.4, -0.2) is 34.5 Å². The first kappa shape index (κ1) is 18.9. The Morgan fingerprint density at radius 3 is 2.78 bits per heavy atom. The number of H-pyrrole nitrogens is 1. The Labute approximate surface area is 168 Å². The number of nitrogens with one attached hydrogen (secondary N) is 2. The molecule has 3 N–H and O–H groups in total. The van der Waals surface area contributed by atoms with E-state index in [1.807, 2.05) is 12.1 Å². The Hall–Kier alpha value is -2.84. The van der Waals surface area contributed by atoms with E-state index in [4.69, 9.17) is 16.3 Å². The molecule has 7 nitrogen and oxygen atoms in total. The number of aromatic nitrogens is 2. The van der Waals surface area contributed by atoms with Crippen LogP contribution in [0.5, 0.6) is 11.5 Å². The van der Waals surface area contributed by atoms with Crippen molar-refractivity contribution in [3.05, 3.63) is 63.2 Å². The van der Waals surface area contributed by atoms with Crippen LogP contribution in [0.1, 0.15) is 16.1 Å². The minimum atomic E-state index is -0.441. The lowest BCUT2D eigenvalue weighted by molar-refractivity contribution is 0.0950. The molecule has 0 saturated heterocycles. The molecule has 0 aliphatic heterocycles. The molecule has 0 saturated carbocycles. The van der Waals surface area contributed by atoms with Crippen molar-refractivity contribution in [2.24, 2.45) is 5.10 Å². The monoisotopic (exact) mass is 448 g/mol. The third-order valence-corrected chi connectivity index (χ3v) is 4.47. The maximum atomic E-state index is 12.2. The Morgan fingerprint density at radius 2 is 2.07 bits per heavy atom. The molecule has 1 aromatic heterocycles. The number of carbonyl (C=O) groups excluding carboxylic acids is 1. The maximum Gasteiger partial charge on any atom is 0.289 e. The first-order valence-corrected chi connectivity index (χ1v) is 8.86. The van der Waals surface area contributed by atoms with Crippen molar-refractivity contribution in [3.63, 3.8) is 0 Å². The fourth-order valence-electron chi connectivity index (χ4n) is 2.26. The van der Waals surface area contributed by atoms with E-state index in [9.17, 15) is 9.90 Å². The summed E-state index contributed by atoms with van der Waals surface area (Å²) >= 11 is 9.09. The standard InChI is InChI=1S/C18H14BrClN4O3/c1-27-16-7-10(6-13(19)17(16)25)9-21-24-18(26)15-8-14(22-23-15)11-2-4-12(20)5-3-11/h2-9,25H,1H3,(H,22,23)(H,24,26)/b21-9+. The number of amides is 1. The number of aromatic amines is 1. The van der Waals surface area contributed by atoms with Crippen molar-refractivity contribution < 1.29 is 14.6 Å². The number of phenolic OH excluding ortho intramolecular Hbond substituents is 1. The highest BCUT2D eigenvalue weighted by Gasteiger charge is 2.11. The molecule has 0 radical (unpaired) electrons. The van der Waals surface area contributed by atoms with Gasteiger partial charge in [0.1, 0.15) is 5.69 Å². The number of rotatable bonds is 5. The zero-order chi connectivity index (χ0) is 19.4. The van der Waals surface area contributed by atoms with Crippen LogP contribution in [0.15, 0.2) is 52.0 Å². The zero-order valence-electron chi connectivity index (χ0n) is 14.0. The molecule has 0 aliphatic carbocycles. The molecule has 138 valence electrons. The van der Waals surface area contributed by atoms with Gasteiger partial charge in [-0.2, -0.15) is 10.2 Å². The van der Waals surface area contributed by atoms with Gasteiger partial charge >= 0.3 is 0 Å². The lowest BCUT2D eigenvalue weighted by Gasteiger charge is -2.06. The number of nitrogens with zero attached hydrogens (tertiary/aromatic N) is 2. The number of ether oxygens (including phenoxy) is 1. The number of carbonyl (C=O) groups is 1. The number of methoxy groups -OCH3 is 1. The van der Waals surface area contributed by atoms with Gasteiger partial charge in [0.05, 0.1) is 23.5 Å². The van der Waals surface area contributed by atoms with Crippen molar-refractivity contribution in [2.45, 2.75) is 0 Å². The van der Waals surface area contributed by atoms with E-state index in [2.05, 4.69) is 36.7 Å². The number of phenols is 1. The molecule has 3 aromatic rings. The minimum absolute atomic E-state index is 0.00845. The van der Waals surface area contributed by atoms with Crippen LogP contribution in [0, 0.1) is 0 Å². The molecule has 3 rings (SSSR count). The summed E-state index contributed by atoms with van der Waals surface area (Å²) in [4.78, 5) is 12.2. The van der Waals surface area contributed by atoms with Crippen LogP contribution in [0.4, 0.5) is 0 Å². The minimum Gasteiger partial charge on any atom is -0.503 e. The van der Waals surface area contributed by atoms with E-state index in [-0.39, 0.29) is 11.4 Å². The van der Waals surface area contributed by atoms with E-state index in [0.29, 0.717) is 26.5 Å². The van der Waals surface area contributed by atoms with Gasteiger partial charge in [0.15, 0.2) is 11.5 Å². The van der Waals surface area contributed by atoms with Gasteiger partial charge in [-0.15, -0.1) is 0 Å². The Kier molecular flexibility index (Phi) is 5.78. The maximum absolute atomic E-state index is 12.2. The number of hydrogen-bond acceptors (Lipinski definition) is 5. The summed E-state index contributed by atoms with van der Waals surface area (Å²) in [7, 11) is 1.45. The van der Waals surface area contributed by atoms with Crippen LogP contribution in [-0.2, 0) is 0 Å². The molecular formula is C18H14BrClN4O3. The second kappa shape index (κ2) is 8.24. The molecule has 9 heteroatoms. The van der Waals surface area contributed by atoms with Gasteiger partial charge in [0, 0.05) is 10.6 Å². The quantitative estimate of drug-likeness (QED) is 0.405. The van der Waals surface area contributed by atoms with E-state index >= 15 is 0 Å². The fraction of sp³-hybridized carbons (Fsp3) is 0.0556. The summed E-state index contributed by atoms with van der Waals surface area (Å²) in [6, 6.07) is 12.0. The van der Waals surface area contributed by atoms with E-state index in [0.717, 1.165) is 5.56 Å². The smallest absolute Gasteiger partial charge is 0.289 e. The number of aromatic hydroxyl groups is 1. The topological polar surface area (TPSA) is 99.6 Å².